The van der Waals surface area contributed by atoms with Crippen molar-refractivity contribution in [2.75, 3.05) is 18.4 Å². The van der Waals surface area contributed by atoms with Gasteiger partial charge < -0.3 is 14.8 Å². The zero-order valence-electron chi connectivity index (χ0n) is 18.4. The Morgan fingerprint density at radius 3 is 2.27 bits per heavy atom. The topological polar surface area (TPSA) is 54.3 Å². The van der Waals surface area contributed by atoms with Crippen molar-refractivity contribution in [1.82, 2.24) is 9.47 Å². The lowest BCUT2D eigenvalue weighted by Crippen LogP contribution is -2.39. The number of hydrogen-bond acceptors (Lipinski definition) is 3. The third-order valence-electron chi connectivity index (χ3n) is 6.15. The van der Waals surface area contributed by atoms with Crippen molar-refractivity contribution in [3.8, 4) is 0 Å². The zero-order valence-corrected chi connectivity index (χ0v) is 18.4. The molecule has 4 rings (SSSR count). The van der Waals surface area contributed by atoms with Crippen LogP contribution in [0, 0.1) is 24.4 Å². The highest BCUT2D eigenvalue weighted by molar-refractivity contribution is 6.00. The lowest BCUT2D eigenvalue weighted by Gasteiger charge is -2.33. The predicted octanol–water partition coefficient (Wildman–Crippen LogP) is 4.87. The number of carbonyl (C=O) groups excluding carboxylic acids is 1. The van der Waals surface area contributed by atoms with Gasteiger partial charge >= 0.3 is 0 Å². The van der Waals surface area contributed by atoms with Gasteiger partial charge in [0.25, 0.3) is 11.5 Å². The smallest absolute Gasteiger partial charge is 0.257 e. The molecule has 0 radical (unpaired) electrons. The van der Waals surface area contributed by atoms with Crippen molar-refractivity contribution in [3.05, 3.63) is 93.2 Å². The van der Waals surface area contributed by atoms with Crippen LogP contribution in [0.15, 0.2) is 53.5 Å². The summed E-state index contributed by atoms with van der Waals surface area (Å²) in [5, 5.41) is 2.83. The Kier molecular flexibility index (Phi) is 6.26. The number of piperidine rings is 1. The first kappa shape index (κ1) is 22.6. The molecule has 1 amide bonds. The van der Waals surface area contributed by atoms with Crippen molar-refractivity contribution in [1.29, 1.82) is 0 Å². The van der Waals surface area contributed by atoms with Crippen LogP contribution in [0.25, 0.3) is 0 Å². The molecule has 0 unspecified atom stereocenters. The molecule has 1 N–H and O–H groups in total. The number of aryl methyl sites for hydroxylation is 1. The number of anilines is 2. The molecule has 5 nitrogen and oxygen atoms in total. The molecule has 33 heavy (non-hydrogen) atoms. The van der Waals surface area contributed by atoms with Gasteiger partial charge in [0.15, 0.2) is 0 Å². The molecule has 0 saturated carbocycles. The number of pyridine rings is 1. The number of nitrogens with zero attached hydrogens (tertiary/aromatic N) is 2. The number of rotatable bonds is 4. The van der Waals surface area contributed by atoms with Crippen LogP contribution in [0.1, 0.15) is 40.2 Å². The monoisotopic (exact) mass is 455 g/mol. The van der Waals surface area contributed by atoms with Crippen molar-refractivity contribution >= 4 is 17.3 Å². The van der Waals surface area contributed by atoms with Crippen LogP contribution in [0.2, 0.25) is 0 Å². The number of amides is 1. The summed E-state index contributed by atoms with van der Waals surface area (Å²) >= 11 is 0. The van der Waals surface area contributed by atoms with Crippen LogP contribution in [0.4, 0.5) is 24.5 Å². The lowest BCUT2D eigenvalue weighted by atomic mass is 9.89. The maximum atomic E-state index is 14.3. The van der Waals surface area contributed by atoms with Crippen molar-refractivity contribution in [2.45, 2.75) is 25.7 Å². The van der Waals surface area contributed by atoms with E-state index in [9.17, 15) is 22.8 Å². The third-order valence-corrected chi connectivity index (χ3v) is 6.15. The van der Waals surface area contributed by atoms with Gasteiger partial charge in [0.2, 0.25) is 0 Å². The summed E-state index contributed by atoms with van der Waals surface area (Å²) in [6.07, 6.45) is 2.88. The summed E-state index contributed by atoms with van der Waals surface area (Å²) in [7, 11) is 1.55. The first-order valence-electron chi connectivity index (χ1n) is 10.7. The molecular weight excluding hydrogens is 431 g/mol. The fourth-order valence-corrected chi connectivity index (χ4v) is 4.26. The number of benzene rings is 2. The number of aromatic nitrogens is 1. The first-order chi connectivity index (χ1) is 15.7. The SMILES string of the molecule is Cc1c(Nc2ccc(F)cc2F)c(C(=O)N2CCC(c3ccc(F)cc3)CC2)cn(C)c1=O. The van der Waals surface area contributed by atoms with E-state index < -0.39 is 11.6 Å². The molecule has 0 aliphatic carbocycles. The molecule has 1 aliphatic heterocycles. The van der Waals surface area contributed by atoms with Gasteiger partial charge in [-0.25, -0.2) is 13.2 Å². The van der Waals surface area contributed by atoms with E-state index in [2.05, 4.69) is 5.32 Å². The minimum Gasteiger partial charge on any atom is -0.352 e. The molecule has 1 fully saturated rings. The second kappa shape index (κ2) is 9.13. The fraction of sp³-hybridized carbons (Fsp3) is 0.280. The molecule has 0 atom stereocenters. The van der Waals surface area contributed by atoms with Crippen LogP contribution in [0.3, 0.4) is 0 Å². The van der Waals surface area contributed by atoms with E-state index in [0.29, 0.717) is 13.1 Å². The molecule has 1 aliphatic rings. The molecular formula is C25H24F3N3O2. The van der Waals surface area contributed by atoms with E-state index in [1.165, 1.54) is 29.0 Å². The predicted molar refractivity (Wildman–Crippen MR) is 120 cm³/mol. The Hall–Kier alpha value is -3.55. The van der Waals surface area contributed by atoms with E-state index >= 15 is 0 Å². The molecule has 8 heteroatoms. The second-order valence-corrected chi connectivity index (χ2v) is 8.33. The lowest BCUT2D eigenvalue weighted by molar-refractivity contribution is 0.0713. The van der Waals surface area contributed by atoms with E-state index in [-0.39, 0.29) is 45.7 Å². The number of likely N-dealkylation sites (tertiary alicyclic amines) is 1. The average molecular weight is 455 g/mol. The van der Waals surface area contributed by atoms with Crippen LogP contribution >= 0.6 is 0 Å². The standard InChI is InChI=1S/C25H24F3N3O2/c1-15-23(29-22-8-7-19(27)13-21(22)28)20(14-30(2)24(15)32)25(33)31-11-9-17(10-12-31)16-3-5-18(26)6-4-16/h3-8,13-14,17,29H,9-12H2,1-2H3. The van der Waals surface area contributed by atoms with Crippen LogP contribution < -0.4 is 10.9 Å². The van der Waals surface area contributed by atoms with Crippen LogP contribution in [-0.4, -0.2) is 28.5 Å². The van der Waals surface area contributed by atoms with Crippen molar-refractivity contribution in [2.24, 2.45) is 7.05 Å². The van der Waals surface area contributed by atoms with E-state index in [4.69, 9.17) is 0 Å². The molecule has 2 heterocycles. The molecule has 1 aromatic heterocycles. The maximum Gasteiger partial charge on any atom is 0.257 e. The Bertz CT molecular complexity index is 1250. The number of nitrogens with one attached hydrogen (secondary N) is 1. The summed E-state index contributed by atoms with van der Waals surface area (Å²) in [6.45, 7) is 2.55. The van der Waals surface area contributed by atoms with Crippen LogP contribution in [0.5, 0.6) is 0 Å². The number of halogens is 3. The summed E-state index contributed by atoms with van der Waals surface area (Å²) in [5.41, 5.74) is 1.38. The van der Waals surface area contributed by atoms with Crippen molar-refractivity contribution in [3.63, 3.8) is 0 Å². The minimum atomic E-state index is -0.825. The average Bonchev–Trinajstić information content (AvgIpc) is 2.81. The van der Waals surface area contributed by atoms with Gasteiger partial charge in [-0.2, -0.15) is 0 Å². The Morgan fingerprint density at radius 2 is 1.64 bits per heavy atom. The minimum absolute atomic E-state index is 0.0307. The van der Waals surface area contributed by atoms with Gasteiger partial charge in [0.05, 0.1) is 16.9 Å². The second-order valence-electron chi connectivity index (χ2n) is 8.33. The highest BCUT2D eigenvalue weighted by Crippen LogP contribution is 2.31. The largest absolute Gasteiger partial charge is 0.352 e. The molecule has 1 saturated heterocycles. The highest BCUT2D eigenvalue weighted by atomic mass is 19.1. The maximum absolute atomic E-state index is 14.3. The Balaban J connectivity index is 1.59. The first-order valence-corrected chi connectivity index (χ1v) is 10.7. The Morgan fingerprint density at radius 1 is 1.00 bits per heavy atom. The normalized spacial score (nSPS) is 14.4. The van der Waals surface area contributed by atoms with E-state index in [1.807, 2.05) is 0 Å². The van der Waals surface area contributed by atoms with E-state index in [1.54, 1.807) is 31.0 Å². The van der Waals surface area contributed by atoms with Gasteiger partial charge in [0.1, 0.15) is 17.5 Å². The number of carbonyl (C=O) groups is 1. The molecule has 0 spiro atoms. The fourth-order valence-electron chi connectivity index (χ4n) is 4.26. The van der Waals surface area contributed by atoms with Crippen LogP contribution in [-0.2, 0) is 7.05 Å². The van der Waals surface area contributed by atoms with Gasteiger partial charge in [-0.15, -0.1) is 0 Å². The zero-order chi connectivity index (χ0) is 23.7. The summed E-state index contributed by atoms with van der Waals surface area (Å²) in [4.78, 5) is 27.6. The van der Waals surface area contributed by atoms with E-state index in [0.717, 1.165) is 30.5 Å². The van der Waals surface area contributed by atoms with Gasteiger partial charge in [-0.1, -0.05) is 12.1 Å². The van der Waals surface area contributed by atoms with Gasteiger partial charge in [-0.05, 0) is 55.5 Å². The van der Waals surface area contributed by atoms with Crippen molar-refractivity contribution < 1.29 is 18.0 Å². The van der Waals surface area contributed by atoms with Gasteiger partial charge in [-0.3, -0.25) is 9.59 Å². The molecule has 0 bridgehead atoms. The third kappa shape index (κ3) is 4.65. The molecule has 3 aromatic rings. The van der Waals surface area contributed by atoms with Gasteiger partial charge in [0, 0.05) is 38.0 Å². The molecule has 172 valence electrons. The summed E-state index contributed by atoms with van der Waals surface area (Å²) in [5.74, 6) is -1.89. The quantitative estimate of drug-likeness (QED) is 0.611. The Labute approximate surface area is 189 Å². The molecule has 2 aromatic carbocycles. The number of hydrogen-bond donors (Lipinski definition) is 1. The summed E-state index contributed by atoms with van der Waals surface area (Å²) < 4.78 is 42.1. The summed E-state index contributed by atoms with van der Waals surface area (Å²) in [6, 6.07) is 9.48. The highest BCUT2D eigenvalue weighted by Gasteiger charge is 2.28.